The number of carboxylic acids is 1. The molecule has 1 saturated heterocycles. The number of nitrogens with zero attached hydrogens (tertiary/aromatic N) is 1. The molecule has 0 saturated carbocycles. The molecule has 1 aromatic rings. The first-order valence-corrected chi connectivity index (χ1v) is 8.90. The summed E-state index contributed by atoms with van der Waals surface area (Å²) in [6.45, 7) is 2.04. The fourth-order valence-corrected chi connectivity index (χ4v) is 3.44. The van der Waals surface area contributed by atoms with E-state index in [9.17, 15) is 14.4 Å². The predicted octanol–water partition coefficient (Wildman–Crippen LogP) is 2.18. The molecule has 1 aromatic carbocycles. The summed E-state index contributed by atoms with van der Waals surface area (Å²) in [6, 6.07) is 7.69. The maximum atomic E-state index is 12.5. The Morgan fingerprint density at radius 2 is 2.08 bits per heavy atom. The van der Waals surface area contributed by atoms with Crippen LogP contribution in [-0.2, 0) is 14.4 Å². The summed E-state index contributed by atoms with van der Waals surface area (Å²) in [5.41, 5.74) is 1.98. The summed E-state index contributed by atoms with van der Waals surface area (Å²) in [6.07, 6.45) is 2.10. The van der Waals surface area contributed by atoms with Gasteiger partial charge in [-0.25, -0.2) is 0 Å². The number of thiocarbonyl (C=S) groups is 1. The first kappa shape index (κ1) is 19.1. The van der Waals surface area contributed by atoms with E-state index in [1.54, 1.807) is 6.08 Å². The number of aliphatic carboxylic acids is 1. The standard InChI is InChI=1S/C17H18N2O4S2/c1-11-5-2-3-6-12(11)9-13-16(23)19(17(24)25-13)10-14(20)18-8-4-7-15(21)22/h2-3,5-6,9H,4,7-8,10H2,1H3,(H,18,20)(H,21,22)/b13-9-. The van der Waals surface area contributed by atoms with E-state index in [0.717, 1.165) is 11.1 Å². The maximum absolute atomic E-state index is 12.5. The number of amides is 2. The quantitative estimate of drug-likeness (QED) is 0.430. The van der Waals surface area contributed by atoms with E-state index in [1.165, 1.54) is 16.7 Å². The van der Waals surface area contributed by atoms with Gasteiger partial charge in [-0.05, 0) is 30.5 Å². The molecule has 2 N–H and O–H groups in total. The van der Waals surface area contributed by atoms with Gasteiger partial charge in [-0.1, -0.05) is 48.2 Å². The maximum Gasteiger partial charge on any atom is 0.303 e. The third-order valence-corrected chi connectivity index (χ3v) is 4.92. The summed E-state index contributed by atoms with van der Waals surface area (Å²) in [5.74, 6) is -1.56. The predicted molar refractivity (Wildman–Crippen MR) is 101 cm³/mol. The van der Waals surface area contributed by atoms with Gasteiger partial charge in [0, 0.05) is 13.0 Å². The second-order valence-electron chi connectivity index (χ2n) is 5.47. The number of thioether (sulfide) groups is 1. The van der Waals surface area contributed by atoms with Crippen molar-refractivity contribution >= 4 is 52.2 Å². The molecule has 1 aliphatic rings. The van der Waals surface area contributed by atoms with Crippen molar-refractivity contribution in [3.05, 3.63) is 40.3 Å². The van der Waals surface area contributed by atoms with Crippen LogP contribution >= 0.6 is 24.0 Å². The number of carbonyl (C=O) groups excluding carboxylic acids is 2. The van der Waals surface area contributed by atoms with Crippen molar-refractivity contribution in [3.63, 3.8) is 0 Å². The van der Waals surface area contributed by atoms with E-state index in [4.69, 9.17) is 17.3 Å². The Morgan fingerprint density at radius 1 is 1.36 bits per heavy atom. The number of hydrogen-bond donors (Lipinski definition) is 2. The first-order chi connectivity index (χ1) is 11.9. The summed E-state index contributed by atoms with van der Waals surface area (Å²) < 4.78 is 0.338. The minimum absolute atomic E-state index is 0.0134. The summed E-state index contributed by atoms with van der Waals surface area (Å²) in [5, 5.41) is 11.2. The molecule has 0 radical (unpaired) electrons. The molecule has 2 rings (SSSR count). The molecule has 2 amide bonds. The monoisotopic (exact) mass is 378 g/mol. The van der Waals surface area contributed by atoms with Gasteiger partial charge in [-0.2, -0.15) is 0 Å². The van der Waals surface area contributed by atoms with Crippen molar-refractivity contribution in [1.29, 1.82) is 0 Å². The fourth-order valence-electron chi connectivity index (χ4n) is 2.19. The molecular formula is C17H18N2O4S2. The molecule has 0 spiro atoms. The smallest absolute Gasteiger partial charge is 0.303 e. The van der Waals surface area contributed by atoms with E-state index >= 15 is 0 Å². The molecule has 0 unspecified atom stereocenters. The summed E-state index contributed by atoms with van der Waals surface area (Å²) >= 11 is 6.37. The summed E-state index contributed by atoms with van der Waals surface area (Å²) in [7, 11) is 0. The number of rotatable bonds is 7. The average molecular weight is 378 g/mol. The lowest BCUT2D eigenvalue weighted by Crippen LogP contribution is -2.39. The lowest BCUT2D eigenvalue weighted by molar-refractivity contribution is -0.137. The van der Waals surface area contributed by atoms with Gasteiger partial charge in [0.25, 0.3) is 5.91 Å². The van der Waals surface area contributed by atoms with Crippen molar-refractivity contribution in [3.8, 4) is 0 Å². The molecule has 0 bridgehead atoms. The molecule has 0 aromatic heterocycles. The minimum atomic E-state index is -0.910. The lowest BCUT2D eigenvalue weighted by atomic mass is 10.1. The molecule has 6 nitrogen and oxygen atoms in total. The molecular weight excluding hydrogens is 360 g/mol. The SMILES string of the molecule is Cc1ccccc1/C=C1\SC(=S)N(CC(=O)NCCCC(=O)O)C1=O. The average Bonchev–Trinajstić information content (AvgIpc) is 2.81. The van der Waals surface area contributed by atoms with Gasteiger partial charge in [-0.15, -0.1) is 0 Å². The third kappa shape index (κ3) is 5.40. The number of carboxylic acid groups (broad SMARTS) is 1. The molecule has 25 heavy (non-hydrogen) atoms. The molecule has 132 valence electrons. The molecule has 0 aliphatic carbocycles. The molecule has 1 heterocycles. The van der Waals surface area contributed by atoms with Crippen molar-refractivity contribution in [2.24, 2.45) is 0 Å². The Hall–Kier alpha value is -2.19. The van der Waals surface area contributed by atoms with E-state index < -0.39 is 5.97 Å². The lowest BCUT2D eigenvalue weighted by Gasteiger charge is -2.14. The second kappa shape index (κ2) is 8.77. The van der Waals surface area contributed by atoms with Crippen LogP contribution in [0.15, 0.2) is 29.2 Å². The van der Waals surface area contributed by atoms with Gasteiger partial charge in [-0.3, -0.25) is 19.3 Å². The van der Waals surface area contributed by atoms with Crippen LogP contribution in [-0.4, -0.2) is 45.2 Å². The van der Waals surface area contributed by atoms with Gasteiger partial charge < -0.3 is 10.4 Å². The highest BCUT2D eigenvalue weighted by molar-refractivity contribution is 8.26. The Balaban J connectivity index is 1.96. The van der Waals surface area contributed by atoms with E-state index in [-0.39, 0.29) is 31.3 Å². The normalized spacial score (nSPS) is 15.7. The third-order valence-electron chi connectivity index (χ3n) is 3.54. The first-order valence-electron chi connectivity index (χ1n) is 7.68. The molecule has 8 heteroatoms. The number of hydrogen-bond acceptors (Lipinski definition) is 5. The fraction of sp³-hybridized carbons (Fsp3) is 0.294. The minimum Gasteiger partial charge on any atom is -0.481 e. The van der Waals surface area contributed by atoms with Crippen LogP contribution in [0.5, 0.6) is 0 Å². The Bertz CT molecular complexity index is 746. The zero-order valence-corrected chi connectivity index (χ0v) is 15.3. The van der Waals surface area contributed by atoms with Crippen LogP contribution < -0.4 is 5.32 Å². The summed E-state index contributed by atoms with van der Waals surface area (Å²) in [4.78, 5) is 36.6. The van der Waals surface area contributed by atoms with Gasteiger partial charge in [0.05, 0.1) is 4.91 Å². The number of nitrogens with one attached hydrogen (secondary N) is 1. The van der Waals surface area contributed by atoms with Crippen LogP contribution in [0.4, 0.5) is 0 Å². The van der Waals surface area contributed by atoms with Gasteiger partial charge in [0.15, 0.2) is 0 Å². The van der Waals surface area contributed by atoms with Crippen LogP contribution in [0, 0.1) is 6.92 Å². The molecule has 1 aliphatic heterocycles. The van der Waals surface area contributed by atoms with Crippen LogP contribution in [0.3, 0.4) is 0 Å². The van der Waals surface area contributed by atoms with Crippen LogP contribution in [0.1, 0.15) is 24.0 Å². The Labute approximate surface area is 155 Å². The second-order valence-corrected chi connectivity index (χ2v) is 7.15. The van der Waals surface area contributed by atoms with Crippen LogP contribution in [0.2, 0.25) is 0 Å². The van der Waals surface area contributed by atoms with E-state index in [1.807, 2.05) is 31.2 Å². The largest absolute Gasteiger partial charge is 0.481 e. The van der Waals surface area contributed by atoms with E-state index in [2.05, 4.69) is 5.32 Å². The van der Waals surface area contributed by atoms with Crippen molar-refractivity contribution < 1.29 is 19.5 Å². The van der Waals surface area contributed by atoms with Gasteiger partial charge in [0.1, 0.15) is 10.9 Å². The highest BCUT2D eigenvalue weighted by Gasteiger charge is 2.33. The molecule has 1 fully saturated rings. The van der Waals surface area contributed by atoms with E-state index in [0.29, 0.717) is 15.6 Å². The van der Waals surface area contributed by atoms with Crippen molar-refractivity contribution in [2.75, 3.05) is 13.1 Å². The Kier molecular flexibility index (Phi) is 6.72. The Morgan fingerprint density at radius 3 is 2.76 bits per heavy atom. The molecule has 0 atom stereocenters. The zero-order valence-electron chi connectivity index (χ0n) is 13.7. The van der Waals surface area contributed by atoms with Crippen LogP contribution in [0.25, 0.3) is 6.08 Å². The zero-order chi connectivity index (χ0) is 18.4. The number of aryl methyl sites for hydroxylation is 1. The highest BCUT2D eigenvalue weighted by atomic mass is 32.2. The van der Waals surface area contributed by atoms with Gasteiger partial charge >= 0.3 is 5.97 Å². The van der Waals surface area contributed by atoms with Crippen molar-refractivity contribution in [1.82, 2.24) is 10.2 Å². The van der Waals surface area contributed by atoms with Crippen molar-refractivity contribution in [2.45, 2.75) is 19.8 Å². The highest BCUT2D eigenvalue weighted by Crippen LogP contribution is 2.32. The van der Waals surface area contributed by atoms with Gasteiger partial charge in [0.2, 0.25) is 5.91 Å². The topological polar surface area (TPSA) is 86.7 Å². The number of carbonyl (C=O) groups is 3. The number of benzene rings is 1.